The van der Waals surface area contributed by atoms with Crippen molar-refractivity contribution >= 4 is 23.3 Å². The average molecular weight is 382 g/mol. The molecule has 1 aromatic rings. The van der Waals surface area contributed by atoms with Crippen molar-refractivity contribution in [3.8, 4) is 0 Å². The van der Waals surface area contributed by atoms with Crippen molar-refractivity contribution in [2.24, 2.45) is 5.92 Å². The van der Waals surface area contributed by atoms with Crippen LogP contribution in [-0.4, -0.2) is 61.1 Å². The van der Waals surface area contributed by atoms with E-state index in [0.29, 0.717) is 32.5 Å². The van der Waals surface area contributed by atoms with Gasteiger partial charge in [-0.15, -0.1) is 0 Å². The van der Waals surface area contributed by atoms with E-state index in [1.54, 1.807) is 16.2 Å². The maximum absolute atomic E-state index is 12.5. The molecule has 0 aromatic carbocycles. The van der Waals surface area contributed by atoms with E-state index in [4.69, 9.17) is 4.74 Å². The first-order chi connectivity index (χ1) is 12.2. The molecule has 1 N–H and O–H groups in total. The van der Waals surface area contributed by atoms with Crippen molar-refractivity contribution in [1.82, 2.24) is 15.1 Å². The van der Waals surface area contributed by atoms with Crippen molar-refractivity contribution in [2.45, 2.75) is 45.3 Å². The van der Waals surface area contributed by atoms with Crippen LogP contribution in [0.2, 0.25) is 0 Å². The van der Waals surface area contributed by atoms with E-state index in [1.807, 2.05) is 34.9 Å². The topological polar surface area (TPSA) is 61.9 Å². The summed E-state index contributed by atoms with van der Waals surface area (Å²) in [5.41, 5.74) is 0.730. The summed E-state index contributed by atoms with van der Waals surface area (Å²) in [6, 6.07) is 2.27. The highest BCUT2D eigenvalue weighted by Crippen LogP contribution is 2.22. The molecule has 2 rings (SSSR count). The van der Waals surface area contributed by atoms with Gasteiger partial charge in [-0.3, -0.25) is 4.79 Å². The van der Waals surface area contributed by atoms with Gasteiger partial charge < -0.3 is 19.9 Å². The van der Waals surface area contributed by atoms with Crippen molar-refractivity contribution < 1.29 is 14.3 Å². The number of ether oxygens (including phenoxy) is 1. The third-order valence-electron chi connectivity index (χ3n) is 4.54. The van der Waals surface area contributed by atoms with Gasteiger partial charge in [0.1, 0.15) is 5.60 Å². The lowest BCUT2D eigenvalue weighted by molar-refractivity contribution is -0.126. The number of rotatable bonds is 5. The van der Waals surface area contributed by atoms with E-state index in [0.717, 1.165) is 0 Å². The van der Waals surface area contributed by atoms with Gasteiger partial charge in [-0.25, -0.2) is 4.79 Å². The van der Waals surface area contributed by atoms with Crippen molar-refractivity contribution in [2.75, 3.05) is 33.7 Å². The standard InChI is InChI=1S/C19H31N3O3S/c1-19(2,3)25-18(24)22-9-6-14(7-10-22)17(23)20-12-16(21(4)5)15-8-11-26-13-15/h8,11,13-14,16H,6-7,9-10,12H2,1-5H3,(H,20,23). The van der Waals surface area contributed by atoms with Crippen molar-refractivity contribution in [1.29, 1.82) is 0 Å². The summed E-state index contributed by atoms with van der Waals surface area (Å²) in [7, 11) is 4.04. The maximum Gasteiger partial charge on any atom is 0.410 e. The Morgan fingerprint density at radius 2 is 2.00 bits per heavy atom. The van der Waals surface area contributed by atoms with Crippen LogP contribution < -0.4 is 5.32 Å². The number of likely N-dealkylation sites (tertiary alicyclic amines) is 1. The fourth-order valence-electron chi connectivity index (χ4n) is 3.06. The molecule has 0 aliphatic carbocycles. The van der Waals surface area contributed by atoms with Crippen molar-refractivity contribution in [3.63, 3.8) is 0 Å². The minimum absolute atomic E-state index is 0.0426. The number of nitrogens with zero attached hydrogens (tertiary/aromatic N) is 2. The molecule has 7 heteroatoms. The number of carbonyl (C=O) groups is 2. The van der Waals surface area contributed by atoms with E-state index < -0.39 is 5.60 Å². The lowest BCUT2D eigenvalue weighted by atomic mass is 9.96. The second-order valence-electron chi connectivity index (χ2n) is 8.02. The number of nitrogens with one attached hydrogen (secondary N) is 1. The van der Waals surface area contributed by atoms with E-state index in [-0.39, 0.29) is 24.0 Å². The van der Waals surface area contributed by atoms with Crippen LogP contribution in [0, 0.1) is 5.92 Å². The molecule has 0 saturated carbocycles. The highest BCUT2D eigenvalue weighted by atomic mass is 32.1. The molecule has 1 atom stereocenters. The quantitative estimate of drug-likeness (QED) is 0.851. The summed E-state index contributed by atoms with van der Waals surface area (Å²) in [6.45, 7) is 7.30. The molecular formula is C19H31N3O3S. The Bertz CT molecular complexity index is 588. The second kappa shape index (κ2) is 8.86. The molecule has 1 aliphatic rings. The van der Waals surface area contributed by atoms with Crippen LogP contribution in [0.4, 0.5) is 4.79 Å². The van der Waals surface area contributed by atoms with Gasteiger partial charge in [-0.05, 0) is 70.1 Å². The molecule has 1 aliphatic heterocycles. The fraction of sp³-hybridized carbons (Fsp3) is 0.684. The molecule has 0 radical (unpaired) electrons. The second-order valence-corrected chi connectivity index (χ2v) is 8.80. The Hall–Kier alpha value is -1.60. The molecular weight excluding hydrogens is 350 g/mol. The highest BCUT2D eigenvalue weighted by Gasteiger charge is 2.30. The number of likely N-dealkylation sites (N-methyl/N-ethyl adjacent to an activating group) is 1. The molecule has 1 unspecified atom stereocenters. The lowest BCUT2D eigenvalue weighted by Crippen LogP contribution is -2.45. The maximum atomic E-state index is 12.5. The lowest BCUT2D eigenvalue weighted by Gasteiger charge is -2.33. The zero-order chi connectivity index (χ0) is 19.3. The van der Waals surface area contributed by atoms with E-state index in [9.17, 15) is 9.59 Å². The first kappa shape index (κ1) is 20.7. The van der Waals surface area contributed by atoms with E-state index in [1.165, 1.54) is 5.56 Å². The van der Waals surface area contributed by atoms with Crippen LogP contribution in [0.15, 0.2) is 16.8 Å². The summed E-state index contributed by atoms with van der Waals surface area (Å²) in [4.78, 5) is 28.5. The van der Waals surface area contributed by atoms with Gasteiger partial charge in [0, 0.05) is 25.6 Å². The van der Waals surface area contributed by atoms with Gasteiger partial charge in [0.2, 0.25) is 5.91 Å². The molecule has 0 bridgehead atoms. The molecule has 1 saturated heterocycles. The number of amides is 2. The Kier molecular flexibility index (Phi) is 7.06. The van der Waals surface area contributed by atoms with E-state index in [2.05, 4.69) is 27.0 Å². The molecule has 2 heterocycles. The Labute approximate surface area is 160 Å². The van der Waals surface area contributed by atoms with Gasteiger partial charge in [0.05, 0.1) is 6.04 Å². The Morgan fingerprint density at radius 1 is 1.35 bits per heavy atom. The first-order valence-electron chi connectivity index (χ1n) is 9.11. The molecule has 146 valence electrons. The summed E-state index contributed by atoms with van der Waals surface area (Å²) in [6.07, 6.45) is 1.06. The van der Waals surface area contributed by atoms with Gasteiger partial charge in [-0.2, -0.15) is 11.3 Å². The monoisotopic (exact) mass is 381 g/mol. The molecule has 6 nitrogen and oxygen atoms in total. The summed E-state index contributed by atoms with van der Waals surface area (Å²) >= 11 is 1.67. The minimum Gasteiger partial charge on any atom is -0.444 e. The highest BCUT2D eigenvalue weighted by molar-refractivity contribution is 7.07. The number of hydrogen-bond donors (Lipinski definition) is 1. The Morgan fingerprint density at radius 3 is 2.50 bits per heavy atom. The van der Waals surface area contributed by atoms with Crippen LogP contribution in [0.1, 0.15) is 45.2 Å². The minimum atomic E-state index is -0.492. The zero-order valence-corrected chi connectivity index (χ0v) is 17.3. The normalized spacial score (nSPS) is 17.2. The third-order valence-corrected chi connectivity index (χ3v) is 5.24. The van der Waals surface area contributed by atoms with E-state index >= 15 is 0 Å². The fourth-order valence-corrected chi connectivity index (χ4v) is 3.76. The number of hydrogen-bond acceptors (Lipinski definition) is 5. The van der Waals surface area contributed by atoms with Crippen LogP contribution in [0.3, 0.4) is 0 Å². The van der Waals surface area contributed by atoms with Crippen LogP contribution in [0.5, 0.6) is 0 Å². The van der Waals surface area contributed by atoms with Gasteiger partial charge in [-0.1, -0.05) is 0 Å². The molecule has 1 fully saturated rings. The Balaban J connectivity index is 1.80. The van der Waals surface area contributed by atoms with Gasteiger partial charge in [0.25, 0.3) is 0 Å². The van der Waals surface area contributed by atoms with Crippen molar-refractivity contribution in [3.05, 3.63) is 22.4 Å². The SMILES string of the molecule is CN(C)C(CNC(=O)C1CCN(C(=O)OC(C)(C)C)CC1)c1ccsc1. The van der Waals surface area contributed by atoms with Crippen LogP contribution in [0.25, 0.3) is 0 Å². The smallest absolute Gasteiger partial charge is 0.410 e. The molecule has 0 spiro atoms. The zero-order valence-electron chi connectivity index (χ0n) is 16.4. The predicted molar refractivity (Wildman–Crippen MR) is 104 cm³/mol. The summed E-state index contributed by atoms with van der Waals surface area (Å²) < 4.78 is 5.40. The third kappa shape index (κ3) is 5.99. The summed E-state index contributed by atoms with van der Waals surface area (Å²) in [5.74, 6) is 0.0369. The molecule has 2 amide bonds. The number of thiophene rings is 1. The average Bonchev–Trinajstić information content (AvgIpc) is 3.07. The first-order valence-corrected chi connectivity index (χ1v) is 10.1. The number of piperidine rings is 1. The predicted octanol–water partition coefficient (Wildman–Crippen LogP) is 3.11. The van der Waals surface area contributed by atoms with Crippen LogP contribution in [-0.2, 0) is 9.53 Å². The van der Waals surface area contributed by atoms with Gasteiger partial charge in [0.15, 0.2) is 0 Å². The molecule has 26 heavy (non-hydrogen) atoms. The summed E-state index contributed by atoms with van der Waals surface area (Å²) in [5, 5.41) is 7.27. The molecule has 1 aromatic heterocycles. The largest absolute Gasteiger partial charge is 0.444 e. The van der Waals surface area contributed by atoms with Crippen LogP contribution >= 0.6 is 11.3 Å². The number of carbonyl (C=O) groups excluding carboxylic acids is 2. The van der Waals surface area contributed by atoms with Gasteiger partial charge >= 0.3 is 6.09 Å².